The SMILES string of the molecule is Cc1c(C(=O)OCC(=O)N(C)C2CCCCC2)cccc1[N+](=O)[O-]. The molecule has 24 heavy (non-hydrogen) atoms. The number of nitrogens with zero attached hydrogens (tertiary/aromatic N) is 2. The molecule has 1 aromatic rings. The van der Waals surface area contributed by atoms with Gasteiger partial charge in [-0.3, -0.25) is 14.9 Å². The molecule has 0 spiro atoms. The average Bonchev–Trinajstić information content (AvgIpc) is 2.59. The summed E-state index contributed by atoms with van der Waals surface area (Å²) in [6.45, 7) is 1.14. The number of nitro benzene ring substituents is 1. The second-order valence-electron chi connectivity index (χ2n) is 6.08. The van der Waals surface area contributed by atoms with Crippen molar-refractivity contribution in [1.82, 2.24) is 4.90 Å². The molecule has 7 nitrogen and oxygen atoms in total. The van der Waals surface area contributed by atoms with E-state index in [9.17, 15) is 19.7 Å². The highest BCUT2D eigenvalue weighted by Gasteiger charge is 2.24. The van der Waals surface area contributed by atoms with Crippen LogP contribution in [0.1, 0.15) is 48.0 Å². The summed E-state index contributed by atoms with van der Waals surface area (Å²) in [7, 11) is 1.73. The number of rotatable bonds is 5. The van der Waals surface area contributed by atoms with Gasteiger partial charge in [-0.15, -0.1) is 0 Å². The van der Waals surface area contributed by atoms with Crippen molar-refractivity contribution < 1.29 is 19.2 Å². The Bertz CT molecular complexity index is 638. The van der Waals surface area contributed by atoms with Crippen LogP contribution >= 0.6 is 0 Å². The van der Waals surface area contributed by atoms with Crippen LogP contribution in [-0.4, -0.2) is 41.4 Å². The maximum atomic E-state index is 12.2. The van der Waals surface area contributed by atoms with Crippen molar-refractivity contribution in [2.24, 2.45) is 0 Å². The predicted octanol–water partition coefficient (Wildman–Crippen LogP) is 2.85. The van der Waals surface area contributed by atoms with Crippen LogP contribution in [0.2, 0.25) is 0 Å². The Kier molecular flexibility index (Phi) is 5.89. The summed E-state index contributed by atoms with van der Waals surface area (Å²) in [5.74, 6) is -0.972. The van der Waals surface area contributed by atoms with E-state index < -0.39 is 10.9 Å². The molecule has 0 radical (unpaired) electrons. The molecule has 0 unspecified atom stereocenters. The smallest absolute Gasteiger partial charge is 0.339 e. The van der Waals surface area contributed by atoms with Crippen molar-refractivity contribution in [2.45, 2.75) is 45.1 Å². The normalized spacial score (nSPS) is 14.9. The summed E-state index contributed by atoms with van der Waals surface area (Å²) < 4.78 is 5.06. The summed E-state index contributed by atoms with van der Waals surface area (Å²) in [5, 5.41) is 10.9. The number of esters is 1. The molecule has 0 aromatic heterocycles. The Morgan fingerprint density at radius 2 is 1.96 bits per heavy atom. The van der Waals surface area contributed by atoms with Gasteiger partial charge in [0, 0.05) is 24.7 Å². The standard InChI is InChI=1S/C17H22N2O5/c1-12-14(9-6-10-15(12)19(22)23)17(21)24-11-16(20)18(2)13-7-4-3-5-8-13/h6,9-10,13H,3-5,7-8,11H2,1-2H3. The number of nitro groups is 1. The quantitative estimate of drug-likeness (QED) is 0.469. The number of carbonyl (C=O) groups excluding carboxylic acids is 2. The van der Waals surface area contributed by atoms with Crippen LogP contribution in [0.3, 0.4) is 0 Å². The Morgan fingerprint density at radius 1 is 1.29 bits per heavy atom. The lowest BCUT2D eigenvalue weighted by molar-refractivity contribution is -0.385. The Labute approximate surface area is 140 Å². The van der Waals surface area contributed by atoms with E-state index in [4.69, 9.17) is 4.74 Å². The van der Waals surface area contributed by atoms with E-state index in [0.717, 1.165) is 25.7 Å². The molecular weight excluding hydrogens is 312 g/mol. The molecule has 0 aliphatic heterocycles. The van der Waals surface area contributed by atoms with Gasteiger partial charge in [0.1, 0.15) is 0 Å². The van der Waals surface area contributed by atoms with Crippen LogP contribution in [0.5, 0.6) is 0 Å². The van der Waals surface area contributed by atoms with E-state index in [1.165, 1.54) is 31.5 Å². The minimum absolute atomic E-state index is 0.109. The van der Waals surface area contributed by atoms with Gasteiger partial charge in [-0.25, -0.2) is 4.79 Å². The van der Waals surface area contributed by atoms with E-state index in [2.05, 4.69) is 0 Å². The fourth-order valence-corrected chi connectivity index (χ4v) is 3.02. The van der Waals surface area contributed by atoms with Crippen molar-refractivity contribution in [3.05, 3.63) is 39.4 Å². The summed E-state index contributed by atoms with van der Waals surface area (Å²) >= 11 is 0. The van der Waals surface area contributed by atoms with Gasteiger partial charge in [-0.1, -0.05) is 25.3 Å². The largest absolute Gasteiger partial charge is 0.452 e. The summed E-state index contributed by atoms with van der Waals surface area (Å²) in [6.07, 6.45) is 5.35. The highest BCUT2D eigenvalue weighted by molar-refractivity contribution is 5.93. The number of hydrogen-bond donors (Lipinski definition) is 0. The lowest BCUT2D eigenvalue weighted by Gasteiger charge is -2.31. The fourth-order valence-electron chi connectivity index (χ4n) is 3.02. The van der Waals surface area contributed by atoms with E-state index in [1.54, 1.807) is 11.9 Å². The van der Waals surface area contributed by atoms with Crippen LogP contribution < -0.4 is 0 Å². The fraction of sp³-hybridized carbons (Fsp3) is 0.529. The van der Waals surface area contributed by atoms with Crippen molar-refractivity contribution in [3.8, 4) is 0 Å². The third kappa shape index (κ3) is 4.10. The molecule has 1 aliphatic rings. The molecular formula is C17H22N2O5. The third-order valence-electron chi connectivity index (χ3n) is 4.56. The number of likely N-dealkylation sites (N-methyl/N-ethyl adjacent to an activating group) is 1. The van der Waals surface area contributed by atoms with Gasteiger partial charge in [0.15, 0.2) is 6.61 Å². The first-order chi connectivity index (χ1) is 11.4. The van der Waals surface area contributed by atoms with Crippen LogP contribution in [-0.2, 0) is 9.53 Å². The maximum absolute atomic E-state index is 12.2. The van der Waals surface area contributed by atoms with Crippen molar-refractivity contribution >= 4 is 17.6 Å². The highest BCUT2D eigenvalue weighted by atomic mass is 16.6. The highest BCUT2D eigenvalue weighted by Crippen LogP contribution is 2.23. The van der Waals surface area contributed by atoms with Gasteiger partial charge in [-0.2, -0.15) is 0 Å². The number of amides is 1. The molecule has 0 bridgehead atoms. The van der Waals surface area contributed by atoms with E-state index in [0.29, 0.717) is 0 Å². The number of hydrogen-bond acceptors (Lipinski definition) is 5. The second-order valence-corrected chi connectivity index (χ2v) is 6.08. The second kappa shape index (κ2) is 7.90. The minimum atomic E-state index is -0.721. The summed E-state index contributed by atoms with van der Waals surface area (Å²) in [5.41, 5.74) is 0.202. The maximum Gasteiger partial charge on any atom is 0.339 e. The van der Waals surface area contributed by atoms with Gasteiger partial charge in [0.2, 0.25) is 0 Å². The molecule has 0 heterocycles. The monoisotopic (exact) mass is 334 g/mol. The van der Waals surface area contributed by atoms with E-state index >= 15 is 0 Å². The zero-order chi connectivity index (χ0) is 17.7. The molecule has 2 rings (SSSR count). The first kappa shape index (κ1) is 17.9. The number of ether oxygens (including phenoxy) is 1. The first-order valence-corrected chi connectivity index (χ1v) is 8.08. The van der Waals surface area contributed by atoms with Crippen LogP contribution in [0, 0.1) is 17.0 Å². The number of carbonyl (C=O) groups is 2. The molecule has 1 aliphatic carbocycles. The molecule has 1 fully saturated rings. The topological polar surface area (TPSA) is 89.8 Å². The minimum Gasteiger partial charge on any atom is -0.452 e. The van der Waals surface area contributed by atoms with Crippen molar-refractivity contribution in [2.75, 3.05) is 13.7 Å². The molecule has 0 saturated heterocycles. The van der Waals surface area contributed by atoms with E-state index in [-0.39, 0.29) is 35.4 Å². The lowest BCUT2D eigenvalue weighted by Crippen LogP contribution is -2.40. The van der Waals surface area contributed by atoms with Crippen LogP contribution in [0.4, 0.5) is 5.69 Å². The van der Waals surface area contributed by atoms with Gasteiger partial charge < -0.3 is 9.64 Å². The lowest BCUT2D eigenvalue weighted by atomic mass is 9.94. The molecule has 7 heteroatoms. The molecule has 1 amide bonds. The van der Waals surface area contributed by atoms with Gasteiger partial charge >= 0.3 is 5.97 Å². The molecule has 1 aromatic carbocycles. The zero-order valence-corrected chi connectivity index (χ0v) is 14.0. The number of benzene rings is 1. The predicted molar refractivity (Wildman–Crippen MR) is 87.8 cm³/mol. The molecule has 0 atom stereocenters. The summed E-state index contributed by atoms with van der Waals surface area (Å²) in [6, 6.07) is 4.41. The van der Waals surface area contributed by atoms with Crippen molar-refractivity contribution in [1.29, 1.82) is 0 Å². The molecule has 130 valence electrons. The van der Waals surface area contributed by atoms with Crippen LogP contribution in [0.15, 0.2) is 18.2 Å². The van der Waals surface area contributed by atoms with Gasteiger partial charge in [0.25, 0.3) is 11.6 Å². The Hall–Kier alpha value is -2.44. The molecule has 1 saturated carbocycles. The third-order valence-corrected chi connectivity index (χ3v) is 4.56. The van der Waals surface area contributed by atoms with Gasteiger partial charge in [-0.05, 0) is 25.8 Å². The van der Waals surface area contributed by atoms with Crippen molar-refractivity contribution in [3.63, 3.8) is 0 Å². The average molecular weight is 334 g/mol. The Balaban J connectivity index is 1.96. The summed E-state index contributed by atoms with van der Waals surface area (Å²) in [4.78, 5) is 36.3. The van der Waals surface area contributed by atoms with Gasteiger partial charge in [0.05, 0.1) is 10.5 Å². The first-order valence-electron chi connectivity index (χ1n) is 8.08. The van der Waals surface area contributed by atoms with E-state index in [1.807, 2.05) is 0 Å². The molecule has 0 N–H and O–H groups in total. The zero-order valence-electron chi connectivity index (χ0n) is 14.0. The van der Waals surface area contributed by atoms with Crippen LogP contribution in [0.25, 0.3) is 0 Å². The Morgan fingerprint density at radius 3 is 2.58 bits per heavy atom.